The minimum atomic E-state index is 0.123. The summed E-state index contributed by atoms with van der Waals surface area (Å²) in [7, 11) is 1.66. The zero-order chi connectivity index (χ0) is 18.2. The number of piperidine rings is 1. The molecule has 2 rings (SSSR count). The standard InChI is InChI=1S/C20H32N2O3/c1-5-22(6-2)20(23)17-9-8-12-21(15-17)14-16-10-11-18(24-4)19(13-16)25-7-3/h10-11,13,17H,5-9,12,14-15H2,1-4H3/t17-/m1/s1. The van der Waals surface area contributed by atoms with Crippen LogP contribution in [0.15, 0.2) is 18.2 Å². The van der Waals surface area contributed by atoms with Crippen molar-refractivity contribution >= 4 is 5.91 Å². The van der Waals surface area contributed by atoms with Crippen LogP contribution in [-0.4, -0.2) is 55.6 Å². The number of hydrogen-bond acceptors (Lipinski definition) is 4. The Labute approximate surface area is 151 Å². The van der Waals surface area contributed by atoms with E-state index in [4.69, 9.17) is 9.47 Å². The molecule has 1 aromatic rings. The summed E-state index contributed by atoms with van der Waals surface area (Å²) in [4.78, 5) is 17.0. The second kappa shape index (κ2) is 9.66. The number of rotatable bonds is 8. The fraction of sp³-hybridized carbons (Fsp3) is 0.650. The number of ether oxygens (including phenoxy) is 2. The van der Waals surface area contributed by atoms with E-state index in [-0.39, 0.29) is 5.92 Å². The summed E-state index contributed by atoms with van der Waals surface area (Å²) in [6.07, 6.45) is 2.07. The van der Waals surface area contributed by atoms with Crippen molar-refractivity contribution in [2.45, 2.75) is 40.2 Å². The van der Waals surface area contributed by atoms with Gasteiger partial charge in [0, 0.05) is 26.2 Å². The predicted molar refractivity (Wildman–Crippen MR) is 100 cm³/mol. The number of benzene rings is 1. The molecule has 25 heavy (non-hydrogen) atoms. The van der Waals surface area contributed by atoms with E-state index in [9.17, 15) is 4.79 Å². The van der Waals surface area contributed by atoms with Crippen LogP contribution in [0.2, 0.25) is 0 Å². The molecule has 1 amide bonds. The highest BCUT2D eigenvalue weighted by atomic mass is 16.5. The first-order valence-electron chi connectivity index (χ1n) is 9.43. The van der Waals surface area contributed by atoms with Crippen molar-refractivity contribution in [3.63, 3.8) is 0 Å². The van der Waals surface area contributed by atoms with Crippen LogP contribution in [0.4, 0.5) is 0 Å². The fourth-order valence-corrected chi connectivity index (χ4v) is 3.54. The van der Waals surface area contributed by atoms with Crippen LogP contribution in [-0.2, 0) is 11.3 Å². The second-order valence-electron chi connectivity index (χ2n) is 6.50. The molecular formula is C20H32N2O3. The molecule has 0 aliphatic carbocycles. The molecule has 1 aromatic carbocycles. The highest BCUT2D eigenvalue weighted by Gasteiger charge is 2.28. The topological polar surface area (TPSA) is 42.0 Å². The summed E-state index contributed by atoms with van der Waals surface area (Å²) in [6.45, 7) is 11.0. The van der Waals surface area contributed by atoms with Gasteiger partial charge in [-0.1, -0.05) is 6.07 Å². The first kappa shape index (κ1) is 19.6. The molecule has 0 spiro atoms. The van der Waals surface area contributed by atoms with Gasteiger partial charge in [-0.05, 0) is 57.9 Å². The molecule has 140 valence electrons. The molecule has 1 saturated heterocycles. The van der Waals surface area contributed by atoms with Gasteiger partial charge in [-0.15, -0.1) is 0 Å². The summed E-state index contributed by atoms with van der Waals surface area (Å²) in [5.74, 6) is 1.98. The van der Waals surface area contributed by atoms with Crippen molar-refractivity contribution in [1.82, 2.24) is 9.80 Å². The van der Waals surface area contributed by atoms with Crippen molar-refractivity contribution in [3.8, 4) is 11.5 Å². The van der Waals surface area contributed by atoms with Crippen LogP contribution in [0.5, 0.6) is 11.5 Å². The second-order valence-corrected chi connectivity index (χ2v) is 6.50. The highest BCUT2D eigenvalue weighted by molar-refractivity contribution is 5.79. The highest BCUT2D eigenvalue weighted by Crippen LogP contribution is 2.29. The molecule has 0 bridgehead atoms. The minimum Gasteiger partial charge on any atom is -0.493 e. The molecule has 0 saturated carbocycles. The Morgan fingerprint density at radius 1 is 1.24 bits per heavy atom. The molecule has 1 fully saturated rings. The van der Waals surface area contributed by atoms with E-state index in [1.807, 2.05) is 17.9 Å². The summed E-state index contributed by atoms with van der Waals surface area (Å²) < 4.78 is 11.0. The number of carbonyl (C=O) groups excluding carboxylic acids is 1. The van der Waals surface area contributed by atoms with Gasteiger partial charge in [0.1, 0.15) is 0 Å². The number of likely N-dealkylation sites (tertiary alicyclic amines) is 1. The third-order valence-corrected chi connectivity index (χ3v) is 4.86. The molecule has 1 aliphatic rings. The molecule has 0 aromatic heterocycles. The number of carbonyl (C=O) groups is 1. The molecule has 5 heteroatoms. The van der Waals surface area contributed by atoms with Gasteiger partial charge in [-0.25, -0.2) is 0 Å². The zero-order valence-corrected chi connectivity index (χ0v) is 16.1. The van der Waals surface area contributed by atoms with Crippen LogP contribution in [0.3, 0.4) is 0 Å². The maximum atomic E-state index is 12.6. The number of nitrogens with zero attached hydrogens (tertiary/aromatic N) is 2. The lowest BCUT2D eigenvalue weighted by Gasteiger charge is -2.34. The van der Waals surface area contributed by atoms with E-state index in [1.54, 1.807) is 7.11 Å². The SMILES string of the molecule is CCOc1cc(CN2CCC[C@@H](C(=O)N(CC)CC)C2)ccc1OC. The van der Waals surface area contributed by atoms with Gasteiger partial charge in [0.25, 0.3) is 0 Å². The molecular weight excluding hydrogens is 316 g/mol. The fourth-order valence-electron chi connectivity index (χ4n) is 3.54. The lowest BCUT2D eigenvalue weighted by Crippen LogP contribution is -2.44. The van der Waals surface area contributed by atoms with Crippen molar-refractivity contribution in [2.24, 2.45) is 5.92 Å². The number of amides is 1. The average molecular weight is 348 g/mol. The van der Waals surface area contributed by atoms with Crippen molar-refractivity contribution in [2.75, 3.05) is 39.9 Å². The zero-order valence-electron chi connectivity index (χ0n) is 16.1. The molecule has 0 N–H and O–H groups in total. The van der Waals surface area contributed by atoms with Crippen LogP contribution in [0, 0.1) is 5.92 Å². The third kappa shape index (κ3) is 5.11. The smallest absolute Gasteiger partial charge is 0.226 e. The minimum absolute atomic E-state index is 0.123. The van der Waals surface area contributed by atoms with E-state index in [0.717, 1.165) is 57.1 Å². The first-order valence-corrected chi connectivity index (χ1v) is 9.43. The lowest BCUT2D eigenvalue weighted by atomic mass is 9.96. The van der Waals surface area contributed by atoms with E-state index in [0.29, 0.717) is 12.5 Å². The van der Waals surface area contributed by atoms with Gasteiger partial charge in [-0.2, -0.15) is 0 Å². The van der Waals surface area contributed by atoms with Crippen LogP contribution in [0.25, 0.3) is 0 Å². The van der Waals surface area contributed by atoms with E-state index in [1.165, 1.54) is 5.56 Å². The first-order chi connectivity index (χ1) is 12.1. The maximum Gasteiger partial charge on any atom is 0.226 e. The quantitative estimate of drug-likeness (QED) is 0.724. The van der Waals surface area contributed by atoms with Crippen LogP contribution >= 0.6 is 0 Å². The van der Waals surface area contributed by atoms with E-state index < -0.39 is 0 Å². The molecule has 1 heterocycles. The van der Waals surface area contributed by atoms with Gasteiger partial charge in [0.15, 0.2) is 11.5 Å². The summed E-state index contributed by atoms with van der Waals surface area (Å²) in [5, 5.41) is 0. The Bertz CT molecular complexity index is 558. The van der Waals surface area contributed by atoms with Gasteiger partial charge < -0.3 is 14.4 Å². The Hall–Kier alpha value is -1.75. The lowest BCUT2D eigenvalue weighted by molar-refractivity contribution is -0.137. The van der Waals surface area contributed by atoms with Gasteiger partial charge >= 0.3 is 0 Å². The maximum absolute atomic E-state index is 12.6. The largest absolute Gasteiger partial charge is 0.493 e. The van der Waals surface area contributed by atoms with Crippen molar-refractivity contribution < 1.29 is 14.3 Å². The van der Waals surface area contributed by atoms with Crippen molar-refractivity contribution in [3.05, 3.63) is 23.8 Å². The summed E-state index contributed by atoms with van der Waals surface area (Å²) >= 11 is 0. The average Bonchev–Trinajstić information content (AvgIpc) is 2.63. The normalized spacial score (nSPS) is 18.0. The van der Waals surface area contributed by atoms with E-state index in [2.05, 4.69) is 30.9 Å². The van der Waals surface area contributed by atoms with Crippen molar-refractivity contribution in [1.29, 1.82) is 0 Å². The Balaban J connectivity index is 2.02. The van der Waals surface area contributed by atoms with Gasteiger partial charge in [0.2, 0.25) is 5.91 Å². The Kier molecular flexibility index (Phi) is 7.56. The summed E-state index contributed by atoms with van der Waals surface area (Å²) in [5.41, 5.74) is 1.19. The molecule has 1 atom stereocenters. The summed E-state index contributed by atoms with van der Waals surface area (Å²) in [6, 6.07) is 6.10. The molecule has 0 unspecified atom stereocenters. The van der Waals surface area contributed by atoms with E-state index >= 15 is 0 Å². The van der Waals surface area contributed by atoms with Crippen LogP contribution < -0.4 is 9.47 Å². The molecule has 0 radical (unpaired) electrons. The number of methoxy groups -OCH3 is 1. The van der Waals surface area contributed by atoms with Gasteiger partial charge in [-0.3, -0.25) is 9.69 Å². The predicted octanol–water partition coefficient (Wildman–Crippen LogP) is 3.17. The van der Waals surface area contributed by atoms with Crippen LogP contribution in [0.1, 0.15) is 39.2 Å². The third-order valence-electron chi connectivity index (χ3n) is 4.86. The number of hydrogen-bond donors (Lipinski definition) is 0. The monoisotopic (exact) mass is 348 g/mol. The molecule has 5 nitrogen and oxygen atoms in total. The Morgan fingerprint density at radius 3 is 2.64 bits per heavy atom. The Morgan fingerprint density at radius 2 is 2.00 bits per heavy atom. The van der Waals surface area contributed by atoms with Gasteiger partial charge in [0.05, 0.1) is 19.6 Å². The molecule has 1 aliphatic heterocycles.